The van der Waals surface area contributed by atoms with Crippen molar-refractivity contribution in [3.05, 3.63) is 56.4 Å². The van der Waals surface area contributed by atoms with E-state index in [0.717, 1.165) is 42.5 Å². The summed E-state index contributed by atoms with van der Waals surface area (Å²) in [7, 11) is 0. The van der Waals surface area contributed by atoms with Gasteiger partial charge in [-0.3, -0.25) is 14.2 Å². The summed E-state index contributed by atoms with van der Waals surface area (Å²) in [5.74, 6) is -0.702. The zero-order valence-electron chi connectivity index (χ0n) is 18.6. The molecule has 3 aromatic rings. The quantitative estimate of drug-likeness (QED) is 0.574. The Balaban J connectivity index is 1.56. The first-order chi connectivity index (χ1) is 15.3. The molecule has 32 heavy (non-hydrogen) atoms. The molecule has 0 radical (unpaired) electrons. The molecule has 0 saturated heterocycles. The number of nitrogens with zero attached hydrogens (tertiary/aromatic N) is 2. The van der Waals surface area contributed by atoms with E-state index in [0.29, 0.717) is 20.7 Å². The third-order valence-electron chi connectivity index (χ3n) is 5.99. The lowest BCUT2D eigenvalue weighted by Crippen LogP contribution is -2.28. The van der Waals surface area contributed by atoms with Crippen LogP contribution in [0.4, 0.5) is 5.69 Å². The third kappa shape index (κ3) is 4.46. The summed E-state index contributed by atoms with van der Waals surface area (Å²) < 4.78 is 6.96. The first-order valence-electron chi connectivity index (χ1n) is 10.9. The van der Waals surface area contributed by atoms with Gasteiger partial charge >= 0.3 is 5.97 Å². The molecule has 0 aliphatic heterocycles. The zero-order valence-corrected chi connectivity index (χ0v) is 19.4. The Kier molecular flexibility index (Phi) is 6.41. The number of aromatic nitrogens is 2. The lowest BCUT2D eigenvalue weighted by molar-refractivity contribution is -0.116. The van der Waals surface area contributed by atoms with Crippen molar-refractivity contribution in [2.24, 2.45) is 0 Å². The molecule has 1 N–H and O–H groups in total. The summed E-state index contributed by atoms with van der Waals surface area (Å²) in [6, 6.07) is 5.77. The number of hydrogen-bond acceptors (Lipinski definition) is 6. The summed E-state index contributed by atoms with van der Waals surface area (Å²) >= 11 is 1.17. The van der Waals surface area contributed by atoms with Crippen LogP contribution in [-0.2, 0) is 16.1 Å². The van der Waals surface area contributed by atoms with Crippen LogP contribution in [0.5, 0.6) is 0 Å². The molecule has 0 bridgehead atoms. The maximum Gasteiger partial charge on any atom is 0.348 e. The molecule has 1 aromatic carbocycles. The number of ether oxygens (including phenoxy) is 1. The van der Waals surface area contributed by atoms with Gasteiger partial charge in [-0.1, -0.05) is 24.6 Å². The molecular weight excluding hydrogens is 426 g/mol. The third-order valence-corrected chi connectivity index (χ3v) is 7.17. The fourth-order valence-electron chi connectivity index (χ4n) is 4.20. The van der Waals surface area contributed by atoms with Crippen molar-refractivity contribution in [3.8, 4) is 0 Å². The van der Waals surface area contributed by atoms with Gasteiger partial charge in [-0.05, 0) is 63.1 Å². The van der Waals surface area contributed by atoms with Gasteiger partial charge in [-0.25, -0.2) is 9.78 Å². The van der Waals surface area contributed by atoms with E-state index in [1.807, 2.05) is 32.0 Å². The Morgan fingerprint density at radius 2 is 1.84 bits per heavy atom. The number of nitrogens with one attached hydrogen (secondary N) is 1. The van der Waals surface area contributed by atoms with Crippen LogP contribution in [0.15, 0.2) is 29.3 Å². The SMILES string of the molecule is Cc1cccc(C)c1NC(=O)Cn1cnc2sc(C(=O)OC3CCCCC3)c(C)c2c1=O. The number of para-hydroxylation sites is 1. The number of esters is 1. The number of carbonyl (C=O) groups is 2. The molecule has 168 valence electrons. The van der Waals surface area contributed by atoms with Gasteiger partial charge in [0, 0.05) is 5.69 Å². The van der Waals surface area contributed by atoms with E-state index in [1.165, 1.54) is 28.7 Å². The topological polar surface area (TPSA) is 90.3 Å². The molecule has 1 aliphatic rings. The van der Waals surface area contributed by atoms with Gasteiger partial charge in [-0.15, -0.1) is 11.3 Å². The van der Waals surface area contributed by atoms with Crippen LogP contribution in [0.25, 0.3) is 10.2 Å². The zero-order chi connectivity index (χ0) is 22.8. The molecule has 8 heteroatoms. The van der Waals surface area contributed by atoms with Crippen LogP contribution >= 0.6 is 11.3 Å². The van der Waals surface area contributed by atoms with Crippen LogP contribution < -0.4 is 10.9 Å². The second-order valence-electron chi connectivity index (χ2n) is 8.39. The van der Waals surface area contributed by atoms with Crippen LogP contribution in [0.3, 0.4) is 0 Å². The molecule has 0 atom stereocenters. The standard InChI is InChI=1S/C24H27N3O4S/c1-14-8-7-9-15(2)20(14)26-18(28)12-27-13-25-22-19(23(27)29)16(3)21(32-22)24(30)31-17-10-5-4-6-11-17/h7-9,13,17H,4-6,10-12H2,1-3H3,(H,26,28). The number of aryl methyl sites for hydroxylation is 3. The minimum atomic E-state index is -0.392. The number of thiophene rings is 1. The Morgan fingerprint density at radius 1 is 1.16 bits per heavy atom. The van der Waals surface area contributed by atoms with Crippen LogP contribution in [0, 0.1) is 20.8 Å². The van der Waals surface area contributed by atoms with E-state index in [1.54, 1.807) is 6.92 Å². The molecule has 2 aromatic heterocycles. The van der Waals surface area contributed by atoms with Crippen LogP contribution in [0.2, 0.25) is 0 Å². The highest BCUT2D eigenvalue weighted by molar-refractivity contribution is 7.20. The molecule has 1 amide bonds. The lowest BCUT2D eigenvalue weighted by Gasteiger charge is -2.21. The van der Waals surface area contributed by atoms with E-state index >= 15 is 0 Å². The number of hydrogen-bond donors (Lipinski definition) is 1. The number of amides is 1. The molecule has 1 saturated carbocycles. The summed E-state index contributed by atoms with van der Waals surface area (Å²) in [5.41, 5.74) is 2.88. The molecular formula is C24H27N3O4S. The molecule has 0 unspecified atom stereocenters. The lowest BCUT2D eigenvalue weighted by atomic mass is 9.98. The van der Waals surface area contributed by atoms with Gasteiger partial charge in [0.05, 0.1) is 11.7 Å². The summed E-state index contributed by atoms with van der Waals surface area (Å²) in [5, 5.41) is 3.26. The monoisotopic (exact) mass is 453 g/mol. The van der Waals surface area contributed by atoms with Gasteiger partial charge in [-0.2, -0.15) is 0 Å². The van der Waals surface area contributed by atoms with Crippen LogP contribution in [-0.4, -0.2) is 27.5 Å². The second-order valence-corrected chi connectivity index (χ2v) is 9.39. The number of benzene rings is 1. The molecule has 1 fully saturated rings. The van der Waals surface area contributed by atoms with Crippen molar-refractivity contribution < 1.29 is 14.3 Å². The first kappa shape index (κ1) is 22.2. The highest BCUT2D eigenvalue weighted by atomic mass is 32.1. The summed E-state index contributed by atoms with van der Waals surface area (Å²) in [4.78, 5) is 43.7. The predicted molar refractivity (Wildman–Crippen MR) is 125 cm³/mol. The van der Waals surface area contributed by atoms with E-state index in [4.69, 9.17) is 4.74 Å². The molecule has 7 nitrogen and oxygen atoms in total. The van der Waals surface area contributed by atoms with Gasteiger partial charge in [0.1, 0.15) is 22.4 Å². The summed E-state index contributed by atoms with van der Waals surface area (Å²) in [6.45, 7) is 5.42. The molecule has 4 rings (SSSR count). The van der Waals surface area contributed by atoms with Crippen LogP contribution in [0.1, 0.15) is 58.5 Å². The van der Waals surface area contributed by atoms with Crippen molar-refractivity contribution in [1.82, 2.24) is 9.55 Å². The predicted octanol–water partition coefficient (Wildman–Crippen LogP) is 4.51. The highest BCUT2D eigenvalue weighted by Crippen LogP contribution is 2.29. The minimum Gasteiger partial charge on any atom is -0.458 e. The van der Waals surface area contributed by atoms with Gasteiger partial charge in [0.25, 0.3) is 5.56 Å². The first-order valence-corrected chi connectivity index (χ1v) is 11.7. The van der Waals surface area contributed by atoms with E-state index in [-0.39, 0.29) is 24.1 Å². The number of rotatable bonds is 5. The van der Waals surface area contributed by atoms with E-state index in [9.17, 15) is 14.4 Å². The highest BCUT2D eigenvalue weighted by Gasteiger charge is 2.24. The maximum absolute atomic E-state index is 13.1. The number of carbonyl (C=O) groups excluding carboxylic acids is 2. The molecule has 0 spiro atoms. The van der Waals surface area contributed by atoms with Gasteiger partial charge in [0.2, 0.25) is 5.91 Å². The van der Waals surface area contributed by atoms with Crippen molar-refractivity contribution in [3.63, 3.8) is 0 Å². The minimum absolute atomic E-state index is 0.0564. The van der Waals surface area contributed by atoms with E-state index in [2.05, 4.69) is 10.3 Å². The average Bonchev–Trinajstić information content (AvgIpc) is 3.11. The Labute approximate surface area is 190 Å². The van der Waals surface area contributed by atoms with Gasteiger partial charge < -0.3 is 10.1 Å². The Bertz CT molecular complexity index is 1220. The molecule has 2 heterocycles. The Morgan fingerprint density at radius 3 is 2.53 bits per heavy atom. The van der Waals surface area contributed by atoms with Crippen molar-refractivity contribution in [2.45, 2.75) is 65.5 Å². The number of fused-ring (bicyclic) bond motifs is 1. The Hall–Kier alpha value is -3.00. The van der Waals surface area contributed by atoms with Crippen molar-refractivity contribution in [1.29, 1.82) is 0 Å². The van der Waals surface area contributed by atoms with Gasteiger partial charge in [0.15, 0.2) is 0 Å². The summed E-state index contributed by atoms with van der Waals surface area (Å²) in [6.07, 6.45) is 6.39. The number of anilines is 1. The fourth-order valence-corrected chi connectivity index (χ4v) is 5.22. The fraction of sp³-hybridized carbons (Fsp3) is 0.417. The van der Waals surface area contributed by atoms with Crippen molar-refractivity contribution >= 4 is 39.1 Å². The normalized spacial score (nSPS) is 14.5. The average molecular weight is 454 g/mol. The largest absolute Gasteiger partial charge is 0.458 e. The molecule has 1 aliphatic carbocycles. The maximum atomic E-state index is 13.1. The smallest absolute Gasteiger partial charge is 0.348 e. The second kappa shape index (κ2) is 9.24. The van der Waals surface area contributed by atoms with E-state index < -0.39 is 5.97 Å². The van der Waals surface area contributed by atoms with Crippen molar-refractivity contribution in [2.75, 3.05) is 5.32 Å².